The molecule has 0 unspecified atom stereocenters. The molecule has 0 radical (unpaired) electrons. The van der Waals surface area contributed by atoms with Crippen LogP contribution in [0.2, 0.25) is 0 Å². The first kappa shape index (κ1) is 37.5. The first-order valence-electron chi connectivity index (χ1n) is 17.5. The number of ether oxygens (including phenoxy) is 2. The van der Waals surface area contributed by atoms with E-state index in [9.17, 15) is 35.4 Å². The maximum atomic E-state index is 12.2. The zero-order valence-corrected chi connectivity index (χ0v) is 29.2. The summed E-state index contributed by atoms with van der Waals surface area (Å²) in [6.07, 6.45) is -1.67. The summed E-state index contributed by atoms with van der Waals surface area (Å²) < 4.78 is 12.6. The van der Waals surface area contributed by atoms with Gasteiger partial charge >= 0.3 is 5.97 Å². The van der Waals surface area contributed by atoms with E-state index in [0.717, 1.165) is 36.8 Å². The molecule has 1 aliphatic heterocycles. The fourth-order valence-corrected chi connectivity index (χ4v) is 10.7. The van der Waals surface area contributed by atoms with Gasteiger partial charge in [-0.3, -0.25) is 4.79 Å². The highest BCUT2D eigenvalue weighted by molar-refractivity contribution is 5.66. The van der Waals surface area contributed by atoms with Crippen molar-refractivity contribution in [2.24, 2.45) is 45.8 Å². The molecule has 0 amide bonds. The minimum Gasteiger partial charge on any atom is -0.481 e. The van der Waals surface area contributed by atoms with Gasteiger partial charge in [-0.25, -0.2) is 0 Å². The Balaban J connectivity index is 1.80. The lowest BCUT2D eigenvalue weighted by Crippen LogP contribution is -2.65. The van der Waals surface area contributed by atoms with Crippen molar-refractivity contribution in [1.29, 1.82) is 0 Å². The third-order valence-corrected chi connectivity index (χ3v) is 13.8. The Kier molecular flexibility index (Phi) is 11.0. The van der Waals surface area contributed by atoms with Gasteiger partial charge in [-0.15, -0.1) is 0 Å². The minimum absolute atomic E-state index is 0.0374. The van der Waals surface area contributed by atoms with Crippen molar-refractivity contribution >= 4 is 5.97 Å². The first-order valence-corrected chi connectivity index (χ1v) is 17.5. The Morgan fingerprint density at radius 2 is 1.65 bits per heavy atom. The Morgan fingerprint density at radius 3 is 2.22 bits per heavy atom. The van der Waals surface area contributed by atoms with E-state index in [4.69, 9.17) is 9.47 Å². The molecule has 4 fully saturated rings. The number of carbonyl (C=O) groups is 1. The van der Waals surface area contributed by atoms with Gasteiger partial charge in [-0.2, -0.15) is 0 Å². The molecule has 1 heterocycles. The molecule has 3 saturated carbocycles. The van der Waals surface area contributed by atoms with Crippen molar-refractivity contribution in [2.75, 3.05) is 6.61 Å². The molecular formula is C37H62O9. The van der Waals surface area contributed by atoms with Crippen LogP contribution in [0.3, 0.4) is 0 Å². The van der Waals surface area contributed by atoms with Gasteiger partial charge < -0.3 is 40.1 Å². The number of carboxylic acids is 1. The van der Waals surface area contributed by atoms with Crippen molar-refractivity contribution in [3.8, 4) is 0 Å². The number of rotatable bonds is 12. The van der Waals surface area contributed by atoms with E-state index in [1.807, 2.05) is 13.8 Å². The van der Waals surface area contributed by atoms with E-state index >= 15 is 0 Å². The summed E-state index contributed by atoms with van der Waals surface area (Å²) in [6, 6.07) is 0. The highest BCUT2D eigenvalue weighted by Gasteiger charge is 2.70. The molecule has 14 atom stereocenters. The van der Waals surface area contributed by atoms with Crippen LogP contribution in [0.5, 0.6) is 0 Å². The number of aliphatic hydroxyl groups is 5. The van der Waals surface area contributed by atoms with Crippen molar-refractivity contribution < 1.29 is 44.9 Å². The number of hydrogen-bond acceptors (Lipinski definition) is 8. The maximum Gasteiger partial charge on any atom is 0.303 e. The maximum absolute atomic E-state index is 12.2. The van der Waals surface area contributed by atoms with E-state index < -0.39 is 60.4 Å². The fraction of sp³-hybridized carbons (Fsp3) is 0.865. The number of hydrogen-bond donors (Lipinski definition) is 6. The summed E-state index contributed by atoms with van der Waals surface area (Å²) in [5, 5.41) is 64.0. The number of aliphatic carboxylic acids is 1. The molecule has 3 aliphatic carbocycles. The molecule has 4 aliphatic rings. The van der Waals surface area contributed by atoms with Crippen LogP contribution < -0.4 is 0 Å². The summed E-state index contributed by atoms with van der Waals surface area (Å²) in [5.41, 5.74) is 0.227. The van der Waals surface area contributed by atoms with Crippen LogP contribution in [0.15, 0.2) is 24.3 Å². The summed E-state index contributed by atoms with van der Waals surface area (Å²) in [5.74, 6) is -0.616. The summed E-state index contributed by atoms with van der Waals surface area (Å²) in [7, 11) is 0. The van der Waals surface area contributed by atoms with Gasteiger partial charge in [0, 0.05) is 6.42 Å². The zero-order chi connectivity index (χ0) is 34.6. The second-order valence-electron chi connectivity index (χ2n) is 16.7. The van der Waals surface area contributed by atoms with Crippen LogP contribution in [0, 0.1) is 45.8 Å². The quantitative estimate of drug-likeness (QED) is 0.129. The van der Waals surface area contributed by atoms with E-state index in [-0.39, 0.29) is 40.9 Å². The van der Waals surface area contributed by atoms with Gasteiger partial charge in [-0.05, 0) is 111 Å². The van der Waals surface area contributed by atoms with E-state index in [1.165, 1.54) is 0 Å². The van der Waals surface area contributed by atoms with Crippen LogP contribution in [0.25, 0.3) is 0 Å². The van der Waals surface area contributed by atoms with E-state index in [1.54, 1.807) is 0 Å². The fourth-order valence-electron chi connectivity index (χ4n) is 10.7. The van der Waals surface area contributed by atoms with Gasteiger partial charge in [0.25, 0.3) is 0 Å². The van der Waals surface area contributed by atoms with E-state index in [0.29, 0.717) is 31.6 Å². The van der Waals surface area contributed by atoms with Gasteiger partial charge in [0.15, 0.2) is 6.29 Å². The van der Waals surface area contributed by atoms with Crippen molar-refractivity contribution in [3.63, 3.8) is 0 Å². The van der Waals surface area contributed by atoms with Crippen molar-refractivity contribution in [3.05, 3.63) is 24.3 Å². The van der Waals surface area contributed by atoms with Crippen LogP contribution in [-0.4, -0.2) is 85.6 Å². The Hall–Kier alpha value is -1.33. The summed E-state index contributed by atoms with van der Waals surface area (Å²) >= 11 is 0. The lowest BCUT2D eigenvalue weighted by molar-refractivity contribution is -0.332. The monoisotopic (exact) mass is 650 g/mol. The summed E-state index contributed by atoms with van der Waals surface area (Å²) in [4.78, 5) is 11.9. The number of fused-ring (bicyclic) bond motifs is 3. The highest BCUT2D eigenvalue weighted by Crippen LogP contribution is 2.74. The molecule has 9 heteroatoms. The zero-order valence-electron chi connectivity index (χ0n) is 29.2. The molecule has 264 valence electrons. The Labute approximate surface area is 276 Å². The molecule has 6 N–H and O–H groups in total. The predicted octanol–water partition coefficient (Wildman–Crippen LogP) is 4.83. The molecule has 46 heavy (non-hydrogen) atoms. The first-order chi connectivity index (χ1) is 21.2. The molecule has 4 rings (SSSR count). The van der Waals surface area contributed by atoms with Gasteiger partial charge in [0.05, 0.1) is 18.3 Å². The lowest BCUT2D eigenvalue weighted by atomic mass is 9.37. The third kappa shape index (κ3) is 6.39. The van der Waals surface area contributed by atoms with Crippen LogP contribution in [0.1, 0.15) is 106 Å². The molecule has 0 spiro atoms. The average molecular weight is 651 g/mol. The molecule has 0 aromatic carbocycles. The van der Waals surface area contributed by atoms with Crippen LogP contribution in [-0.2, 0) is 14.3 Å². The summed E-state index contributed by atoms with van der Waals surface area (Å²) in [6.45, 7) is 23.1. The topological polar surface area (TPSA) is 157 Å². The van der Waals surface area contributed by atoms with Gasteiger partial charge in [-0.1, -0.05) is 58.9 Å². The largest absolute Gasteiger partial charge is 0.481 e. The lowest BCUT2D eigenvalue weighted by Gasteiger charge is -2.68. The second kappa shape index (κ2) is 13.5. The molecule has 1 saturated heterocycles. The van der Waals surface area contributed by atoms with Crippen molar-refractivity contribution in [2.45, 2.75) is 149 Å². The van der Waals surface area contributed by atoms with Crippen LogP contribution in [0.4, 0.5) is 0 Å². The minimum atomic E-state index is -1.57. The molecule has 9 nitrogen and oxygen atoms in total. The molecular weight excluding hydrogens is 588 g/mol. The SMILES string of the molecule is C=C(CC[C@](C)(O)[C@H]1CC[C@]2(C)[C@@H]1[C@H](O[C@@H]1O[C@H](CO)[C@@H](O)[C@H](O)[C@H]1O)C[C@@H]1[C@@](C)(CCC(=O)O)[C@H](C(=C)C)CC[C@]12C)C(C)C. The number of allylic oxidation sites excluding steroid dienone is 2. The smallest absolute Gasteiger partial charge is 0.303 e. The Morgan fingerprint density at radius 1 is 1.02 bits per heavy atom. The normalized spacial score (nSPS) is 45.5. The van der Waals surface area contributed by atoms with Crippen LogP contribution >= 0.6 is 0 Å². The standard InChI is InChI=1S/C37H62O9/c1-20(2)22(5)10-17-37(9,44)24-12-16-36(8)29(24)25(45-33-32(43)31(42)30(41)26(19-38)46-33)18-27-34(6,14-13-28(39)40)23(21(3)4)11-15-35(27,36)7/h20,23-27,29-33,38,41-44H,3,5,10-19H2,1-2,4,6-9H3,(H,39,40)/t23-,24-,25+,26+,27+,29-,30+,31-,32+,33+,34-,35+,36+,37-/m0/s1. The number of aliphatic hydroxyl groups excluding tert-OH is 4. The van der Waals surface area contributed by atoms with E-state index in [2.05, 4.69) is 47.8 Å². The molecule has 0 aromatic heterocycles. The average Bonchev–Trinajstić information content (AvgIpc) is 3.36. The molecule has 0 bridgehead atoms. The van der Waals surface area contributed by atoms with Crippen molar-refractivity contribution in [1.82, 2.24) is 0 Å². The third-order valence-electron chi connectivity index (χ3n) is 13.8. The number of carboxylic acid groups (broad SMARTS) is 1. The van der Waals surface area contributed by atoms with Gasteiger partial charge in [0.1, 0.15) is 24.4 Å². The predicted molar refractivity (Wildman–Crippen MR) is 176 cm³/mol. The Bertz CT molecular complexity index is 1130. The second-order valence-corrected chi connectivity index (χ2v) is 16.7. The molecule has 0 aromatic rings. The van der Waals surface area contributed by atoms with Gasteiger partial charge in [0.2, 0.25) is 0 Å². The highest BCUT2D eigenvalue weighted by atomic mass is 16.7.